The minimum absolute atomic E-state index is 0.231. The fourth-order valence-electron chi connectivity index (χ4n) is 0.812. The maximum atomic E-state index is 11.2. The minimum Gasteiger partial charge on any atom is -0.479 e. The molecular formula is C9H17NO4S. The number of aliphatic hydroxyl groups is 1. The maximum absolute atomic E-state index is 11.2. The third kappa shape index (κ3) is 6.35. The second-order valence-corrected chi connectivity index (χ2v) is 4.44. The van der Waals surface area contributed by atoms with E-state index in [9.17, 15) is 14.7 Å². The number of amides is 1. The SMILES string of the molecule is CSCCCC(=O)NCC(C)(O)C(=O)O. The first-order chi connectivity index (χ1) is 6.90. The third-order valence-electron chi connectivity index (χ3n) is 1.84. The molecule has 0 bridgehead atoms. The van der Waals surface area contributed by atoms with Gasteiger partial charge in [-0.25, -0.2) is 4.79 Å². The molecule has 1 atom stereocenters. The molecule has 0 rings (SSSR count). The molecule has 0 aliphatic rings. The first-order valence-electron chi connectivity index (χ1n) is 4.61. The molecule has 0 aromatic rings. The number of hydrogen-bond donors (Lipinski definition) is 3. The number of thioether (sulfide) groups is 1. The second-order valence-electron chi connectivity index (χ2n) is 3.45. The summed E-state index contributed by atoms with van der Waals surface area (Å²) in [7, 11) is 0. The van der Waals surface area contributed by atoms with Crippen LogP contribution in [0, 0.1) is 0 Å². The number of nitrogens with one attached hydrogen (secondary N) is 1. The zero-order chi connectivity index (χ0) is 11.9. The van der Waals surface area contributed by atoms with Gasteiger partial charge in [-0.2, -0.15) is 11.8 Å². The smallest absolute Gasteiger partial charge is 0.337 e. The van der Waals surface area contributed by atoms with Crippen LogP contribution in [0.25, 0.3) is 0 Å². The number of carboxylic acid groups (broad SMARTS) is 1. The minimum atomic E-state index is -1.89. The van der Waals surface area contributed by atoms with Crippen LogP contribution in [0.15, 0.2) is 0 Å². The summed E-state index contributed by atoms with van der Waals surface area (Å²) in [6.45, 7) is 0.887. The van der Waals surface area contributed by atoms with E-state index in [1.54, 1.807) is 11.8 Å². The summed E-state index contributed by atoms with van der Waals surface area (Å²) in [5.41, 5.74) is -1.89. The molecule has 0 fully saturated rings. The summed E-state index contributed by atoms with van der Waals surface area (Å²) < 4.78 is 0. The van der Waals surface area contributed by atoms with E-state index < -0.39 is 11.6 Å². The Kier molecular flexibility index (Phi) is 6.35. The molecule has 1 amide bonds. The molecule has 0 saturated carbocycles. The van der Waals surface area contributed by atoms with E-state index >= 15 is 0 Å². The molecule has 1 unspecified atom stereocenters. The molecule has 15 heavy (non-hydrogen) atoms. The molecule has 0 spiro atoms. The van der Waals surface area contributed by atoms with Gasteiger partial charge in [0.1, 0.15) is 0 Å². The van der Waals surface area contributed by atoms with Crippen molar-refractivity contribution in [3.05, 3.63) is 0 Å². The van der Waals surface area contributed by atoms with Crippen molar-refractivity contribution in [2.75, 3.05) is 18.6 Å². The third-order valence-corrected chi connectivity index (χ3v) is 2.54. The van der Waals surface area contributed by atoms with E-state index in [0.29, 0.717) is 6.42 Å². The van der Waals surface area contributed by atoms with Crippen LogP contribution in [0.1, 0.15) is 19.8 Å². The van der Waals surface area contributed by atoms with Gasteiger partial charge in [0.2, 0.25) is 5.91 Å². The molecule has 88 valence electrons. The highest BCUT2D eigenvalue weighted by atomic mass is 32.2. The van der Waals surface area contributed by atoms with Gasteiger partial charge in [0, 0.05) is 6.42 Å². The van der Waals surface area contributed by atoms with Crippen molar-refractivity contribution in [3.63, 3.8) is 0 Å². The van der Waals surface area contributed by atoms with Gasteiger partial charge in [0.15, 0.2) is 5.60 Å². The van der Waals surface area contributed by atoms with Crippen LogP contribution in [-0.2, 0) is 9.59 Å². The monoisotopic (exact) mass is 235 g/mol. The molecule has 0 saturated heterocycles. The predicted octanol–water partition coefficient (Wildman–Crippen LogP) is 0.0814. The molecule has 0 heterocycles. The Morgan fingerprint density at radius 3 is 2.53 bits per heavy atom. The standard InChI is InChI=1S/C9H17NO4S/c1-9(14,8(12)13)6-10-7(11)4-3-5-15-2/h14H,3-6H2,1-2H3,(H,10,11)(H,12,13). The van der Waals surface area contributed by atoms with E-state index in [1.165, 1.54) is 0 Å². The first-order valence-corrected chi connectivity index (χ1v) is 6.01. The fourth-order valence-corrected chi connectivity index (χ4v) is 1.24. The molecule has 0 aliphatic carbocycles. The lowest BCUT2D eigenvalue weighted by Gasteiger charge is -2.18. The number of carbonyl (C=O) groups is 2. The summed E-state index contributed by atoms with van der Waals surface area (Å²) in [6.07, 6.45) is 3.06. The van der Waals surface area contributed by atoms with Crippen LogP contribution in [0.4, 0.5) is 0 Å². The van der Waals surface area contributed by atoms with Gasteiger partial charge in [-0.1, -0.05) is 0 Å². The van der Waals surface area contributed by atoms with E-state index in [0.717, 1.165) is 19.1 Å². The van der Waals surface area contributed by atoms with E-state index in [-0.39, 0.29) is 12.5 Å². The van der Waals surface area contributed by atoms with Gasteiger partial charge >= 0.3 is 5.97 Å². The van der Waals surface area contributed by atoms with Gasteiger partial charge in [-0.3, -0.25) is 4.79 Å². The van der Waals surface area contributed by atoms with Crippen LogP contribution < -0.4 is 5.32 Å². The van der Waals surface area contributed by atoms with Crippen molar-refractivity contribution in [2.24, 2.45) is 0 Å². The van der Waals surface area contributed by atoms with E-state index in [1.807, 2.05) is 6.26 Å². The fraction of sp³-hybridized carbons (Fsp3) is 0.778. The van der Waals surface area contributed by atoms with Gasteiger partial charge in [0.05, 0.1) is 6.54 Å². The molecular weight excluding hydrogens is 218 g/mol. The largest absolute Gasteiger partial charge is 0.479 e. The Bertz CT molecular complexity index is 230. The second kappa shape index (κ2) is 6.68. The molecule has 0 aromatic carbocycles. The van der Waals surface area contributed by atoms with Gasteiger partial charge < -0.3 is 15.5 Å². The highest BCUT2D eigenvalue weighted by Crippen LogP contribution is 2.02. The Balaban J connectivity index is 3.75. The van der Waals surface area contributed by atoms with Crippen LogP contribution in [0.2, 0.25) is 0 Å². The molecule has 5 nitrogen and oxygen atoms in total. The zero-order valence-electron chi connectivity index (χ0n) is 8.95. The van der Waals surface area contributed by atoms with Crippen molar-refractivity contribution in [3.8, 4) is 0 Å². The van der Waals surface area contributed by atoms with Gasteiger partial charge in [-0.05, 0) is 25.4 Å². The quantitative estimate of drug-likeness (QED) is 0.544. The topological polar surface area (TPSA) is 86.6 Å². The molecule has 0 aromatic heterocycles. The van der Waals surface area contributed by atoms with Crippen molar-refractivity contribution in [1.82, 2.24) is 5.32 Å². The number of rotatable bonds is 7. The lowest BCUT2D eigenvalue weighted by molar-refractivity contribution is -0.156. The summed E-state index contributed by atoms with van der Waals surface area (Å²) in [4.78, 5) is 21.7. The molecule has 0 radical (unpaired) electrons. The lowest BCUT2D eigenvalue weighted by Crippen LogP contribution is -2.46. The van der Waals surface area contributed by atoms with Gasteiger partial charge in [0.25, 0.3) is 0 Å². The van der Waals surface area contributed by atoms with Crippen LogP contribution in [-0.4, -0.2) is 46.2 Å². The summed E-state index contributed by atoms with van der Waals surface area (Å²) in [5, 5.41) is 20.2. The van der Waals surface area contributed by atoms with Crippen LogP contribution in [0.5, 0.6) is 0 Å². The number of carbonyl (C=O) groups excluding carboxylic acids is 1. The summed E-state index contributed by atoms with van der Waals surface area (Å²) in [6, 6.07) is 0. The summed E-state index contributed by atoms with van der Waals surface area (Å²) >= 11 is 1.65. The lowest BCUT2D eigenvalue weighted by atomic mass is 10.1. The Labute approximate surface area is 93.2 Å². The molecule has 0 aliphatic heterocycles. The highest BCUT2D eigenvalue weighted by molar-refractivity contribution is 7.98. The number of carboxylic acids is 1. The Morgan fingerprint density at radius 2 is 2.07 bits per heavy atom. The Morgan fingerprint density at radius 1 is 1.47 bits per heavy atom. The average molecular weight is 235 g/mol. The van der Waals surface area contributed by atoms with Crippen LogP contribution in [0.3, 0.4) is 0 Å². The first kappa shape index (κ1) is 14.2. The van der Waals surface area contributed by atoms with Crippen LogP contribution >= 0.6 is 11.8 Å². The number of hydrogen-bond acceptors (Lipinski definition) is 4. The molecule has 6 heteroatoms. The van der Waals surface area contributed by atoms with E-state index in [4.69, 9.17) is 5.11 Å². The van der Waals surface area contributed by atoms with Gasteiger partial charge in [-0.15, -0.1) is 0 Å². The van der Waals surface area contributed by atoms with E-state index in [2.05, 4.69) is 5.32 Å². The normalized spacial score (nSPS) is 14.3. The van der Waals surface area contributed by atoms with Crippen molar-refractivity contribution >= 4 is 23.6 Å². The highest BCUT2D eigenvalue weighted by Gasteiger charge is 2.29. The maximum Gasteiger partial charge on any atom is 0.337 e. The van der Waals surface area contributed by atoms with Crippen molar-refractivity contribution < 1.29 is 19.8 Å². The predicted molar refractivity (Wildman–Crippen MR) is 58.9 cm³/mol. The number of aliphatic carboxylic acids is 1. The average Bonchev–Trinajstić information content (AvgIpc) is 2.15. The van der Waals surface area contributed by atoms with Crippen molar-refractivity contribution in [2.45, 2.75) is 25.4 Å². The zero-order valence-corrected chi connectivity index (χ0v) is 9.76. The van der Waals surface area contributed by atoms with Crippen molar-refractivity contribution in [1.29, 1.82) is 0 Å². The Hall–Kier alpha value is -0.750. The summed E-state index contributed by atoms with van der Waals surface area (Å²) in [5.74, 6) is -0.680. The molecule has 3 N–H and O–H groups in total.